The molecule has 0 spiro atoms. The van der Waals surface area contributed by atoms with Gasteiger partial charge in [-0.15, -0.1) is 13.2 Å². The van der Waals surface area contributed by atoms with E-state index in [1.54, 1.807) is 12.1 Å². The van der Waals surface area contributed by atoms with E-state index in [2.05, 4.69) is 14.7 Å². The van der Waals surface area contributed by atoms with Gasteiger partial charge in [0.15, 0.2) is 0 Å². The maximum Gasteiger partial charge on any atom is 0.573 e. The largest absolute Gasteiger partial charge is 0.573 e. The lowest BCUT2D eigenvalue weighted by molar-refractivity contribution is -0.389. The van der Waals surface area contributed by atoms with Crippen molar-refractivity contribution in [2.24, 2.45) is 0 Å². The van der Waals surface area contributed by atoms with Crippen molar-refractivity contribution >= 4 is 11.5 Å². The minimum atomic E-state index is -4.76. The average Bonchev–Trinajstić information content (AvgIpc) is 3.16. The van der Waals surface area contributed by atoms with E-state index in [1.165, 1.54) is 51.8 Å². The van der Waals surface area contributed by atoms with Crippen molar-refractivity contribution in [2.45, 2.75) is 12.9 Å². The van der Waals surface area contributed by atoms with Crippen LogP contribution in [-0.4, -0.2) is 30.2 Å². The smallest absolute Gasteiger partial charge is 0.406 e. The summed E-state index contributed by atoms with van der Waals surface area (Å²) in [6.07, 6.45) is 0.892. The van der Waals surface area contributed by atoms with E-state index in [0.717, 1.165) is 6.20 Å². The van der Waals surface area contributed by atoms with Crippen LogP contribution >= 0.6 is 0 Å². The molecule has 0 aliphatic rings. The van der Waals surface area contributed by atoms with Crippen LogP contribution in [0.1, 0.15) is 5.56 Å². The Balaban J connectivity index is 1.53. The number of rotatable bonds is 5. The topological polar surface area (TPSA) is 105 Å². The number of hydrogen-bond donors (Lipinski definition) is 0. The predicted octanol–water partition coefficient (Wildman–Crippen LogP) is 3.41. The molecule has 0 atom stereocenters. The molecule has 158 valence electrons. The minimum Gasteiger partial charge on any atom is -0.406 e. The fraction of sp³-hybridized carbons (Fsp3) is 0.105. The summed E-state index contributed by atoms with van der Waals surface area (Å²) in [6.45, 7) is 0.154. The van der Waals surface area contributed by atoms with Crippen molar-refractivity contribution in [3.63, 3.8) is 0 Å². The SMILES string of the molecule is O=c1c2nc([N+](=O)[O-])cn2ccn1Cc1ccc(-c2ccc(OC(F)(F)F)cc2)nc1. The van der Waals surface area contributed by atoms with Gasteiger partial charge in [-0.05, 0) is 45.8 Å². The Morgan fingerprint density at radius 3 is 2.45 bits per heavy atom. The third-order valence-electron chi connectivity index (χ3n) is 4.33. The molecule has 0 amide bonds. The Kier molecular flexibility index (Phi) is 4.89. The van der Waals surface area contributed by atoms with Gasteiger partial charge in [-0.3, -0.25) is 14.2 Å². The number of halogens is 3. The van der Waals surface area contributed by atoms with Crippen molar-refractivity contribution in [1.29, 1.82) is 0 Å². The molecule has 0 unspecified atom stereocenters. The molecule has 0 saturated carbocycles. The monoisotopic (exact) mass is 431 g/mol. The Morgan fingerprint density at radius 2 is 1.84 bits per heavy atom. The number of fused-ring (bicyclic) bond motifs is 1. The number of pyridine rings is 1. The van der Waals surface area contributed by atoms with Crippen molar-refractivity contribution < 1.29 is 22.8 Å². The average molecular weight is 431 g/mol. The Bertz CT molecular complexity index is 1310. The normalized spacial score (nSPS) is 11.6. The van der Waals surface area contributed by atoms with Gasteiger partial charge in [0.25, 0.3) is 0 Å². The standard InChI is InChI=1S/C19H12F3N5O4/c20-19(21,22)31-14-4-2-13(3-5-14)15-6-1-12(9-23-15)10-26-8-7-25-11-16(27(29)30)24-17(25)18(26)28/h1-9,11H,10H2. The van der Waals surface area contributed by atoms with Crippen LogP contribution in [-0.2, 0) is 6.54 Å². The minimum absolute atomic E-state index is 0.0695. The first kappa shape index (κ1) is 20.1. The van der Waals surface area contributed by atoms with Gasteiger partial charge in [0.1, 0.15) is 11.9 Å². The van der Waals surface area contributed by atoms with Crippen LogP contribution in [0.15, 0.2) is 66.0 Å². The summed E-state index contributed by atoms with van der Waals surface area (Å²) in [4.78, 5) is 30.7. The summed E-state index contributed by atoms with van der Waals surface area (Å²) < 4.78 is 43.2. The molecule has 9 nitrogen and oxygen atoms in total. The van der Waals surface area contributed by atoms with Crippen LogP contribution in [0.2, 0.25) is 0 Å². The van der Waals surface area contributed by atoms with E-state index in [9.17, 15) is 28.1 Å². The quantitative estimate of drug-likeness (QED) is 0.354. The highest BCUT2D eigenvalue weighted by Crippen LogP contribution is 2.25. The van der Waals surface area contributed by atoms with E-state index in [1.807, 2.05) is 0 Å². The van der Waals surface area contributed by atoms with E-state index < -0.39 is 22.7 Å². The number of benzene rings is 1. The van der Waals surface area contributed by atoms with Gasteiger partial charge in [0.2, 0.25) is 0 Å². The van der Waals surface area contributed by atoms with Crippen LogP contribution < -0.4 is 10.3 Å². The second kappa shape index (κ2) is 7.55. The van der Waals surface area contributed by atoms with E-state index in [0.29, 0.717) is 16.8 Å². The molecule has 0 N–H and O–H groups in total. The van der Waals surface area contributed by atoms with Crippen molar-refractivity contribution in [2.75, 3.05) is 0 Å². The van der Waals surface area contributed by atoms with Gasteiger partial charge >= 0.3 is 23.4 Å². The number of nitro groups is 1. The molecule has 0 aliphatic heterocycles. The van der Waals surface area contributed by atoms with Crippen LogP contribution in [0.5, 0.6) is 5.75 Å². The third-order valence-corrected chi connectivity index (χ3v) is 4.33. The molecule has 4 aromatic rings. The van der Waals surface area contributed by atoms with Crippen LogP contribution in [0, 0.1) is 10.1 Å². The number of imidazole rings is 1. The Labute approximate surface area is 171 Å². The Morgan fingerprint density at radius 1 is 1.10 bits per heavy atom. The zero-order valence-electron chi connectivity index (χ0n) is 15.5. The second-order valence-electron chi connectivity index (χ2n) is 6.44. The molecule has 3 heterocycles. The van der Waals surface area contributed by atoms with Crippen molar-refractivity contribution in [1.82, 2.24) is 18.9 Å². The molecule has 0 saturated heterocycles. The maximum atomic E-state index is 12.5. The highest BCUT2D eigenvalue weighted by atomic mass is 19.4. The molecule has 0 radical (unpaired) electrons. The molecule has 12 heteroatoms. The molecule has 1 aromatic carbocycles. The number of nitrogens with zero attached hydrogens (tertiary/aromatic N) is 5. The van der Waals surface area contributed by atoms with Gasteiger partial charge in [-0.2, -0.15) is 0 Å². The highest BCUT2D eigenvalue weighted by molar-refractivity contribution is 5.60. The molecule has 3 aromatic heterocycles. The zero-order valence-corrected chi connectivity index (χ0v) is 15.5. The van der Waals surface area contributed by atoms with Crippen molar-refractivity contribution in [3.05, 3.63) is 87.2 Å². The van der Waals surface area contributed by atoms with Gasteiger partial charge in [0, 0.05) is 24.2 Å². The summed E-state index contributed by atoms with van der Waals surface area (Å²) in [5.41, 5.74) is 1.21. The maximum absolute atomic E-state index is 12.5. The number of aromatic nitrogens is 4. The first-order chi connectivity index (χ1) is 14.7. The molecular weight excluding hydrogens is 419 g/mol. The fourth-order valence-corrected chi connectivity index (χ4v) is 2.93. The number of ether oxygens (including phenoxy) is 1. The van der Waals surface area contributed by atoms with E-state index >= 15 is 0 Å². The van der Waals surface area contributed by atoms with Crippen LogP contribution in [0.25, 0.3) is 16.9 Å². The molecule has 0 bridgehead atoms. The number of alkyl halides is 3. The zero-order chi connectivity index (χ0) is 22.2. The molecule has 0 aliphatic carbocycles. The second-order valence-corrected chi connectivity index (χ2v) is 6.44. The molecule has 0 fully saturated rings. The third kappa shape index (κ3) is 4.37. The summed E-state index contributed by atoms with van der Waals surface area (Å²) in [5, 5.41) is 10.8. The fourth-order valence-electron chi connectivity index (χ4n) is 2.93. The summed E-state index contributed by atoms with van der Waals surface area (Å²) in [5.74, 6) is -0.755. The number of hydrogen-bond acceptors (Lipinski definition) is 6. The summed E-state index contributed by atoms with van der Waals surface area (Å²) >= 11 is 0. The van der Waals surface area contributed by atoms with Crippen LogP contribution in [0.4, 0.5) is 19.0 Å². The summed E-state index contributed by atoms with van der Waals surface area (Å²) in [7, 11) is 0. The highest BCUT2D eigenvalue weighted by Gasteiger charge is 2.31. The lowest BCUT2D eigenvalue weighted by Gasteiger charge is -2.09. The van der Waals surface area contributed by atoms with Gasteiger partial charge < -0.3 is 19.4 Å². The van der Waals surface area contributed by atoms with Gasteiger partial charge in [0.05, 0.1) is 12.2 Å². The molecule has 31 heavy (non-hydrogen) atoms. The van der Waals surface area contributed by atoms with Gasteiger partial charge in [-0.1, -0.05) is 6.07 Å². The lowest BCUT2D eigenvalue weighted by Crippen LogP contribution is -2.22. The predicted molar refractivity (Wildman–Crippen MR) is 102 cm³/mol. The Hall–Kier alpha value is -4.22. The molecular formula is C19H12F3N5O4. The summed E-state index contributed by atoms with van der Waals surface area (Å²) in [6, 6.07) is 8.67. The first-order valence-electron chi connectivity index (χ1n) is 8.73. The molecule has 4 rings (SSSR count). The van der Waals surface area contributed by atoms with E-state index in [-0.39, 0.29) is 17.9 Å². The van der Waals surface area contributed by atoms with Crippen LogP contribution in [0.3, 0.4) is 0 Å². The van der Waals surface area contributed by atoms with E-state index in [4.69, 9.17) is 0 Å². The van der Waals surface area contributed by atoms with Gasteiger partial charge in [-0.25, -0.2) is 0 Å². The van der Waals surface area contributed by atoms with Crippen molar-refractivity contribution in [3.8, 4) is 17.0 Å². The lowest BCUT2D eigenvalue weighted by atomic mass is 10.1. The first-order valence-corrected chi connectivity index (χ1v) is 8.73.